The summed E-state index contributed by atoms with van der Waals surface area (Å²) in [7, 11) is 1.88. The fraction of sp³-hybridized carbons (Fsp3) is 0.333. The summed E-state index contributed by atoms with van der Waals surface area (Å²) in [5, 5.41) is 3.71. The van der Waals surface area contributed by atoms with Gasteiger partial charge in [-0.1, -0.05) is 23.4 Å². The van der Waals surface area contributed by atoms with Crippen LogP contribution in [0.2, 0.25) is 0 Å². The minimum atomic E-state index is -0.193. The number of rotatable bonds is 4. The Morgan fingerprint density at radius 1 is 1.29 bits per heavy atom. The van der Waals surface area contributed by atoms with Crippen LogP contribution in [0, 0.1) is 12.7 Å². The molecule has 0 unspecified atom stereocenters. The Hall–Kier alpha value is -1.75. The molecule has 0 aliphatic carbocycles. The zero-order chi connectivity index (χ0) is 12.3. The lowest BCUT2D eigenvalue weighted by Crippen LogP contribution is -2.18. The van der Waals surface area contributed by atoms with E-state index in [2.05, 4.69) is 10.1 Å². The molecule has 0 spiro atoms. The maximum Gasteiger partial charge on any atom is 0.240 e. The van der Waals surface area contributed by atoms with Gasteiger partial charge in [0.15, 0.2) is 5.82 Å². The molecule has 5 heteroatoms. The Morgan fingerprint density at radius 2 is 2.06 bits per heavy atom. The van der Waals surface area contributed by atoms with E-state index >= 15 is 0 Å². The molecule has 17 heavy (non-hydrogen) atoms. The van der Waals surface area contributed by atoms with E-state index in [0.29, 0.717) is 30.4 Å². The second-order valence-electron chi connectivity index (χ2n) is 4.00. The smallest absolute Gasteiger partial charge is 0.240 e. The van der Waals surface area contributed by atoms with Gasteiger partial charge in [0.1, 0.15) is 5.82 Å². The summed E-state index contributed by atoms with van der Waals surface area (Å²) in [6.07, 6.45) is 0. The summed E-state index contributed by atoms with van der Waals surface area (Å²) in [5.74, 6) is 0.960. The molecule has 0 saturated carbocycles. The summed E-state index contributed by atoms with van der Waals surface area (Å²) < 4.78 is 18.4. The second kappa shape index (κ2) is 5.05. The fourth-order valence-corrected chi connectivity index (χ4v) is 1.61. The standard InChI is InChI=1S/C12H14FN3O/c1-9-14-12(17-15-9)8-16(2)7-10-5-3-4-6-11(10)13/h3-6H,7-8H2,1-2H3. The van der Waals surface area contributed by atoms with Crippen LogP contribution in [0.25, 0.3) is 0 Å². The van der Waals surface area contributed by atoms with Crippen LogP contribution < -0.4 is 0 Å². The zero-order valence-electron chi connectivity index (χ0n) is 9.85. The van der Waals surface area contributed by atoms with E-state index in [-0.39, 0.29) is 5.82 Å². The summed E-state index contributed by atoms with van der Waals surface area (Å²) in [6.45, 7) is 2.78. The van der Waals surface area contributed by atoms with Crippen LogP contribution in [0.1, 0.15) is 17.3 Å². The van der Waals surface area contributed by atoms with Crippen molar-refractivity contribution < 1.29 is 8.91 Å². The van der Waals surface area contributed by atoms with E-state index in [1.165, 1.54) is 6.07 Å². The first-order valence-corrected chi connectivity index (χ1v) is 5.36. The molecule has 4 nitrogen and oxygen atoms in total. The SMILES string of the molecule is Cc1noc(CN(C)Cc2ccccc2F)n1. The van der Waals surface area contributed by atoms with Crippen LogP contribution in [0.15, 0.2) is 28.8 Å². The number of nitrogens with zero attached hydrogens (tertiary/aromatic N) is 3. The van der Waals surface area contributed by atoms with Crippen LogP contribution in [0.5, 0.6) is 0 Å². The van der Waals surface area contributed by atoms with Crippen molar-refractivity contribution in [3.63, 3.8) is 0 Å². The summed E-state index contributed by atoms with van der Waals surface area (Å²) in [5.41, 5.74) is 0.659. The highest BCUT2D eigenvalue weighted by Crippen LogP contribution is 2.10. The molecule has 90 valence electrons. The molecule has 0 fully saturated rings. The average molecular weight is 235 g/mol. The van der Waals surface area contributed by atoms with Gasteiger partial charge in [-0.25, -0.2) is 4.39 Å². The maximum absolute atomic E-state index is 13.4. The Balaban J connectivity index is 1.98. The van der Waals surface area contributed by atoms with Gasteiger partial charge in [-0.15, -0.1) is 0 Å². The van der Waals surface area contributed by atoms with Gasteiger partial charge in [-0.2, -0.15) is 4.98 Å². The molecule has 1 aromatic carbocycles. The molecule has 0 aliphatic rings. The van der Waals surface area contributed by atoms with Crippen molar-refractivity contribution in [2.75, 3.05) is 7.05 Å². The largest absolute Gasteiger partial charge is 0.338 e. The van der Waals surface area contributed by atoms with Crippen molar-refractivity contribution in [2.45, 2.75) is 20.0 Å². The Morgan fingerprint density at radius 3 is 2.71 bits per heavy atom. The van der Waals surface area contributed by atoms with Crippen LogP contribution in [0.4, 0.5) is 4.39 Å². The third-order valence-electron chi connectivity index (χ3n) is 2.37. The third-order valence-corrected chi connectivity index (χ3v) is 2.37. The van der Waals surface area contributed by atoms with Crippen molar-refractivity contribution in [1.82, 2.24) is 15.0 Å². The highest BCUT2D eigenvalue weighted by molar-refractivity contribution is 5.16. The molecule has 0 radical (unpaired) electrons. The number of hydrogen-bond donors (Lipinski definition) is 0. The molecular formula is C12H14FN3O. The molecule has 0 amide bonds. The maximum atomic E-state index is 13.4. The molecule has 2 rings (SSSR count). The molecule has 0 atom stereocenters. The predicted molar refractivity (Wildman–Crippen MR) is 60.6 cm³/mol. The fourth-order valence-electron chi connectivity index (χ4n) is 1.61. The van der Waals surface area contributed by atoms with Crippen LogP contribution in [-0.4, -0.2) is 22.1 Å². The lowest BCUT2D eigenvalue weighted by atomic mass is 10.2. The number of halogens is 1. The highest BCUT2D eigenvalue weighted by Gasteiger charge is 2.09. The first-order chi connectivity index (χ1) is 8.15. The van der Waals surface area contributed by atoms with Crippen molar-refractivity contribution in [3.05, 3.63) is 47.4 Å². The third kappa shape index (κ3) is 3.10. The minimum Gasteiger partial charge on any atom is -0.338 e. The van der Waals surface area contributed by atoms with Gasteiger partial charge in [0.05, 0.1) is 6.54 Å². The highest BCUT2D eigenvalue weighted by atomic mass is 19.1. The molecule has 0 aliphatic heterocycles. The first-order valence-electron chi connectivity index (χ1n) is 5.36. The van der Waals surface area contributed by atoms with Crippen molar-refractivity contribution in [2.24, 2.45) is 0 Å². The van der Waals surface area contributed by atoms with Crippen molar-refractivity contribution in [1.29, 1.82) is 0 Å². The molecule has 0 N–H and O–H groups in total. The van der Waals surface area contributed by atoms with Gasteiger partial charge in [0.25, 0.3) is 0 Å². The van der Waals surface area contributed by atoms with Gasteiger partial charge < -0.3 is 4.52 Å². The van der Waals surface area contributed by atoms with Gasteiger partial charge in [0, 0.05) is 12.1 Å². The topological polar surface area (TPSA) is 42.2 Å². The summed E-state index contributed by atoms with van der Waals surface area (Å²) in [6, 6.07) is 6.73. The Bertz CT molecular complexity index is 498. The van der Waals surface area contributed by atoms with Crippen LogP contribution in [0.3, 0.4) is 0 Å². The molecule has 0 saturated heterocycles. The number of aromatic nitrogens is 2. The van der Waals surface area contributed by atoms with E-state index in [1.54, 1.807) is 19.1 Å². The minimum absolute atomic E-state index is 0.193. The zero-order valence-corrected chi connectivity index (χ0v) is 9.85. The van der Waals surface area contributed by atoms with Crippen molar-refractivity contribution >= 4 is 0 Å². The molecule has 2 aromatic rings. The normalized spacial score (nSPS) is 11.1. The quantitative estimate of drug-likeness (QED) is 0.814. The number of aryl methyl sites for hydroxylation is 1. The lowest BCUT2D eigenvalue weighted by Gasteiger charge is -2.14. The van der Waals surface area contributed by atoms with Gasteiger partial charge >= 0.3 is 0 Å². The molecule has 0 bridgehead atoms. The van der Waals surface area contributed by atoms with Gasteiger partial charge in [0.2, 0.25) is 5.89 Å². The first kappa shape index (κ1) is 11.7. The van der Waals surface area contributed by atoms with Crippen LogP contribution >= 0.6 is 0 Å². The predicted octanol–water partition coefficient (Wildman–Crippen LogP) is 2.15. The van der Waals surface area contributed by atoms with E-state index in [9.17, 15) is 4.39 Å². The van der Waals surface area contributed by atoms with E-state index in [4.69, 9.17) is 4.52 Å². The van der Waals surface area contributed by atoms with Crippen molar-refractivity contribution in [3.8, 4) is 0 Å². The van der Waals surface area contributed by atoms with E-state index in [0.717, 1.165) is 0 Å². The van der Waals surface area contributed by atoms with Crippen LogP contribution in [-0.2, 0) is 13.1 Å². The Labute approximate surface area is 99.1 Å². The molecule has 1 heterocycles. The Kier molecular flexibility index (Phi) is 3.49. The summed E-state index contributed by atoms with van der Waals surface area (Å²) >= 11 is 0. The number of benzene rings is 1. The van der Waals surface area contributed by atoms with Gasteiger partial charge in [-0.3, -0.25) is 4.90 Å². The summed E-state index contributed by atoms with van der Waals surface area (Å²) in [4.78, 5) is 6.02. The molecular weight excluding hydrogens is 221 g/mol. The van der Waals surface area contributed by atoms with E-state index in [1.807, 2.05) is 18.0 Å². The number of hydrogen-bond acceptors (Lipinski definition) is 4. The average Bonchev–Trinajstić information content (AvgIpc) is 2.67. The van der Waals surface area contributed by atoms with Gasteiger partial charge in [-0.05, 0) is 20.0 Å². The van der Waals surface area contributed by atoms with E-state index < -0.39 is 0 Å². The second-order valence-corrected chi connectivity index (χ2v) is 4.00. The molecule has 1 aromatic heterocycles. The lowest BCUT2D eigenvalue weighted by molar-refractivity contribution is 0.257. The monoisotopic (exact) mass is 235 g/mol.